The van der Waals surface area contributed by atoms with E-state index in [1.54, 1.807) is 48.6 Å². The molecule has 134 valence electrons. The van der Waals surface area contributed by atoms with Crippen LogP contribution in [0.4, 0.5) is 0 Å². The number of ether oxygens (including phenoxy) is 3. The topological polar surface area (TPSA) is 78.9 Å². The van der Waals surface area contributed by atoms with E-state index in [-0.39, 0.29) is 11.5 Å². The third kappa shape index (κ3) is 5.31. The summed E-state index contributed by atoms with van der Waals surface area (Å²) >= 11 is 0. The largest absolute Gasteiger partial charge is 0.426 e. The average Bonchev–Trinajstić information content (AvgIpc) is 2.55. The first-order valence-electron chi connectivity index (χ1n) is 7.82. The van der Waals surface area contributed by atoms with Gasteiger partial charge in [0.1, 0.15) is 5.75 Å². The quantitative estimate of drug-likeness (QED) is 0.463. The molecular formula is C20H18O6. The number of para-hydroxylation sites is 2. The Bertz CT molecular complexity index is 866. The van der Waals surface area contributed by atoms with Crippen molar-refractivity contribution in [2.24, 2.45) is 0 Å². The lowest BCUT2D eigenvalue weighted by Gasteiger charge is -2.11. The standard InChI is InChI=1S/C20H18O6/c1-13(21)24-18-9-5-4-7-16(18)11-12-17-8-6-10-19(25-14(2)22)20(17)26-15(3)23/h4-12H,1-3H3/b12-11+. The van der Waals surface area contributed by atoms with Gasteiger partial charge in [-0.25, -0.2) is 0 Å². The van der Waals surface area contributed by atoms with Gasteiger partial charge in [-0.3, -0.25) is 14.4 Å². The molecule has 2 aromatic rings. The zero-order chi connectivity index (χ0) is 19.1. The molecule has 0 amide bonds. The van der Waals surface area contributed by atoms with Gasteiger partial charge in [-0.1, -0.05) is 42.5 Å². The number of esters is 3. The Morgan fingerprint density at radius 1 is 0.654 bits per heavy atom. The Balaban J connectivity index is 2.42. The van der Waals surface area contributed by atoms with Crippen LogP contribution in [0.15, 0.2) is 42.5 Å². The minimum absolute atomic E-state index is 0.136. The summed E-state index contributed by atoms with van der Waals surface area (Å²) in [5.74, 6) is -0.816. The van der Waals surface area contributed by atoms with Gasteiger partial charge in [0, 0.05) is 31.9 Å². The molecule has 26 heavy (non-hydrogen) atoms. The fourth-order valence-corrected chi connectivity index (χ4v) is 2.20. The van der Waals surface area contributed by atoms with Gasteiger partial charge in [0.15, 0.2) is 11.5 Å². The summed E-state index contributed by atoms with van der Waals surface area (Å²) < 4.78 is 15.5. The van der Waals surface area contributed by atoms with Gasteiger partial charge in [-0.05, 0) is 12.1 Å². The monoisotopic (exact) mass is 354 g/mol. The molecule has 0 heterocycles. The van der Waals surface area contributed by atoms with Crippen molar-refractivity contribution in [2.45, 2.75) is 20.8 Å². The van der Waals surface area contributed by atoms with E-state index in [0.717, 1.165) is 0 Å². The molecule has 0 aliphatic rings. The van der Waals surface area contributed by atoms with Crippen molar-refractivity contribution in [1.82, 2.24) is 0 Å². The first kappa shape index (κ1) is 18.9. The first-order chi connectivity index (χ1) is 12.4. The molecule has 6 heteroatoms. The van der Waals surface area contributed by atoms with Crippen LogP contribution in [0.25, 0.3) is 12.2 Å². The highest BCUT2D eigenvalue weighted by molar-refractivity contribution is 5.81. The molecule has 0 atom stereocenters. The summed E-state index contributed by atoms with van der Waals surface area (Å²) in [4.78, 5) is 33.9. The molecule has 6 nitrogen and oxygen atoms in total. The van der Waals surface area contributed by atoms with Gasteiger partial charge in [0.25, 0.3) is 0 Å². The average molecular weight is 354 g/mol. The highest BCUT2D eigenvalue weighted by Gasteiger charge is 2.14. The summed E-state index contributed by atoms with van der Waals surface area (Å²) in [5, 5.41) is 0. The van der Waals surface area contributed by atoms with Crippen LogP contribution in [0.3, 0.4) is 0 Å². The summed E-state index contributed by atoms with van der Waals surface area (Å²) in [5.41, 5.74) is 1.19. The van der Waals surface area contributed by atoms with Crippen molar-refractivity contribution in [2.75, 3.05) is 0 Å². The number of rotatable bonds is 5. The smallest absolute Gasteiger partial charge is 0.308 e. The highest BCUT2D eigenvalue weighted by Crippen LogP contribution is 2.33. The maximum Gasteiger partial charge on any atom is 0.308 e. The zero-order valence-electron chi connectivity index (χ0n) is 14.6. The van der Waals surface area contributed by atoms with Gasteiger partial charge in [0.05, 0.1) is 0 Å². The molecule has 0 spiro atoms. The normalized spacial score (nSPS) is 10.4. The van der Waals surface area contributed by atoms with E-state index >= 15 is 0 Å². The van der Waals surface area contributed by atoms with Gasteiger partial charge in [-0.15, -0.1) is 0 Å². The van der Waals surface area contributed by atoms with Crippen LogP contribution in [-0.2, 0) is 14.4 Å². The summed E-state index contributed by atoms with van der Waals surface area (Å²) in [6, 6.07) is 11.9. The van der Waals surface area contributed by atoms with Crippen LogP contribution in [-0.4, -0.2) is 17.9 Å². The predicted molar refractivity (Wildman–Crippen MR) is 95.7 cm³/mol. The number of carbonyl (C=O) groups is 3. The molecule has 0 aliphatic heterocycles. The van der Waals surface area contributed by atoms with Gasteiger partial charge in [-0.2, -0.15) is 0 Å². The van der Waals surface area contributed by atoms with E-state index in [9.17, 15) is 14.4 Å². The Labute approximate surface area is 151 Å². The van der Waals surface area contributed by atoms with Crippen molar-refractivity contribution in [3.8, 4) is 17.2 Å². The fraction of sp³-hybridized carbons (Fsp3) is 0.150. The summed E-state index contributed by atoms with van der Waals surface area (Å²) in [7, 11) is 0. The Kier molecular flexibility index (Phi) is 6.27. The van der Waals surface area contributed by atoms with Crippen molar-refractivity contribution < 1.29 is 28.6 Å². The predicted octanol–water partition coefficient (Wildman–Crippen LogP) is 3.63. The summed E-state index contributed by atoms with van der Waals surface area (Å²) in [6.45, 7) is 3.84. The van der Waals surface area contributed by atoms with Crippen LogP contribution in [0.2, 0.25) is 0 Å². The van der Waals surface area contributed by atoms with Gasteiger partial charge in [0.2, 0.25) is 0 Å². The first-order valence-corrected chi connectivity index (χ1v) is 7.82. The molecule has 0 fully saturated rings. The molecule has 0 saturated carbocycles. The fourth-order valence-electron chi connectivity index (χ4n) is 2.20. The van der Waals surface area contributed by atoms with E-state index in [2.05, 4.69) is 0 Å². The van der Waals surface area contributed by atoms with Gasteiger partial charge >= 0.3 is 17.9 Å². The van der Waals surface area contributed by atoms with Crippen molar-refractivity contribution in [1.29, 1.82) is 0 Å². The third-order valence-electron chi connectivity index (χ3n) is 3.12. The number of carbonyl (C=O) groups excluding carboxylic acids is 3. The van der Waals surface area contributed by atoms with E-state index in [0.29, 0.717) is 16.9 Å². The zero-order valence-corrected chi connectivity index (χ0v) is 14.6. The number of benzene rings is 2. The minimum Gasteiger partial charge on any atom is -0.426 e. The van der Waals surface area contributed by atoms with E-state index in [4.69, 9.17) is 14.2 Å². The Hall–Kier alpha value is -3.41. The SMILES string of the molecule is CC(=O)Oc1ccccc1/C=C/c1cccc(OC(C)=O)c1OC(C)=O. The Morgan fingerprint density at radius 3 is 1.81 bits per heavy atom. The number of hydrogen-bond acceptors (Lipinski definition) is 6. The minimum atomic E-state index is -0.542. The maximum absolute atomic E-state index is 11.4. The molecule has 0 bridgehead atoms. The van der Waals surface area contributed by atoms with Crippen LogP contribution in [0.5, 0.6) is 17.2 Å². The Morgan fingerprint density at radius 2 is 1.15 bits per heavy atom. The van der Waals surface area contributed by atoms with Crippen LogP contribution in [0, 0.1) is 0 Å². The van der Waals surface area contributed by atoms with Crippen molar-refractivity contribution >= 4 is 30.1 Å². The molecule has 0 saturated heterocycles. The summed E-state index contributed by atoms with van der Waals surface area (Å²) in [6.07, 6.45) is 3.38. The van der Waals surface area contributed by atoms with Gasteiger partial charge < -0.3 is 14.2 Å². The molecule has 2 aromatic carbocycles. The molecule has 0 aromatic heterocycles. The van der Waals surface area contributed by atoms with Crippen LogP contribution < -0.4 is 14.2 Å². The molecule has 0 unspecified atom stereocenters. The van der Waals surface area contributed by atoms with Crippen molar-refractivity contribution in [3.63, 3.8) is 0 Å². The molecule has 2 rings (SSSR count). The van der Waals surface area contributed by atoms with E-state index in [1.807, 2.05) is 0 Å². The lowest BCUT2D eigenvalue weighted by Crippen LogP contribution is -2.08. The molecule has 0 radical (unpaired) electrons. The highest BCUT2D eigenvalue weighted by atomic mass is 16.6. The second-order valence-corrected chi connectivity index (χ2v) is 5.33. The molecule has 0 N–H and O–H groups in total. The second kappa shape index (κ2) is 8.62. The van der Waals surface area contributed by atoms with E-state index < -0.39 is 17.9 Å². The number of hydrogen-bond donors (Lipinski definition) is 0. The maximum atomic E-state index is 11.4. The van der Waals surface area contributed by atoms with Crippen LogP contribution in [0.1, 0.15) is 31.9 Å². The molecular weight excluding hydrogens is 336 g/mol. The van der Waals surface area contributed by atoms with E-state index in [1.165, 1.54) is 26.8 Å². The second-order valence-electron chi connectivity index (χ2n) is 5.33. The third-order valence-corrected chi connectivity index (χ3v) is 3.12. The lowest BCUT2D eigenvalue weighted by molar-refractivity contribution is -0.134. The van der Waals surface area contributed by atoms with Crippen molar-refractivity contribution in [3.05, 3.63) is 53.6 Å². The van der Waals surface area contributed by atoms with Crippen LogP contribution >= 0.6 is 0 Å². The lowest BCUT2D eigenvalue weighted by atomic mass is 10.1. The molecule has 0 aliphatic carbocycles.